The number of nitrogens with zero attached hydrogens (tertiary/aromatic N) is 2. The minimum Gasteiger partial charge on any atom is -0.388 e. The van der Waals surface area contributed by atoms with Gasteiger partial charge in [-0.25, -0.2) is 0 Å². The van der Waals surface area contributed by atoms with Crippen LogP contribution < -0.4 is 5.73 Å². The lowest BCUT2D eigenvalue weighted by Gasteiger charge is -2.04. The van der Waals surface area contributed by atoms with Crippen molar-refractivity contribution in [1.82, 2.24) is 4.98 Å². The summed E-state index contributed by atoms with van der Waals surface area (Å²) < 4.78 is 0. The van der Waals surface area contributed by atoms with Gasteiger partial charge in [0.25, 0.3) is 5.69 Å². The number of pyridine rings is 1. The molecular weight excluding hydrogens is 294 g/mol. The van der Waals surface area contributed by atoms with Gasteiger partial charge < -0.3 is 5.73 Å². The van der Waals surface area contributed by atoms with Gasteiger partial charge >= 0.3 is 0 Å². The highest BCUT2D eigenvalue weighted by atomic mass is 32.2. The first kappa shape index (κ1) is 14.4. The number of nitro groups is 1. The monoisotopic (exact) mass is 305 g/mol. The molecule has 0 atom stereocenters. The van der Waals surface area contributed by atoms with Gasteiger partial charge in [0.1, 0.15) is 4.99 Å². The van der Waals surface area contributed by atoms with E-state index in [1.807, 2.05) is 18.2 Å². The second-order valence-corrected chi connectivity index (χ2v) is 5.45. The largest absolute Gasteiger partial charge is 0.388 e. The summed E-state index contributed by atoms with van der Waals surface area (Å²) >= 11 is 6.42. The first-order chi connectivity index (χ1) is 9.56. The Labute approximate surface area is 125 Å². The van der Waals surface area contributed by atoms with Crippen molar-refractivity contribution in [3.8, 4) is 0 Å². The van der Waals surface area contributed by atoms with Crippen molar-refractivity contribution in [2.75, 3.05) is 0 Å². The topological polar surface area (TPSA) is 82.0 Å². The average Bonchev–Trinajstić information content (AvgIpc) is 2.45. The molecule has 0 radical (unpaired) electrons. The Bertz CT molecular complexity index is 604. The number of nitrogens with two attached hydrogens (primary N) is 1. The molecular formula is C13H11N3O2S2. The Balaban J connectivity index is 2.08. The highest BCUT2D eigenvalue weighted by Gasteiger charge is 2.06. The maximum Gasteiger partial charge on any atom is 0.269 e. The minimum atomic E-state index is -0.397. The molecule has 1 aromatic heterocycles. The summed E-state index contributed by atoms with van der Waals surface area (Å²) in [4.78, 5) is 15.6. The smallest absolute Gasteiger partial charge is 0.269 e. The Kier molecular flexibility index (Phi) is 4.65. The van der Waals surface area contributed by atoms with Gasteiger partial charge in [0.05, 0.1) is 10.6 Å². The van der Waals surface area contributed by atoms with E-state index in [1.54, 1.807) is 30.1 Å². The van der Waals surface area contributed by atoms with E-state index in [2.05, 4.69) is 4.98 Å². The molecule has 0 aliphatic rings. The number of hydrogen-bond donors (Lipinski definition) is 1. The molecule has 2 rings (SSSR count). The van der Waals surface area contributed by atoms with Crippen molar-refractivity contribution in [1.29, 1.82) is 0 Å². The fourth-order valence-corrected chi connectivity index (χ4v) is 2.54. The average molecular weight is 305 g/mol. The second-order valence-electron chi connectivity index (χ2n) is 3.96. The molecule has 1 heterocycles. The van der Waals surface area contributed by atoms with E-state index < -0.39 is 4.92 Å². The highest BCUT2D eigenvalue weighted by Crippen LogP contribution is 2.24. The molecule has 102 valence electrons. The third kappa shape index (κ3) is 3.75. The van der Waals surface area contributed by atoms with Crippen molar-refractivity contribution < 1.29 is 4.92 Å². The minimum absolute atomic E-state index is 0.0988. The fourth-order valence-electron chi connectivity index (χ4n) is 1.56. The lowest BCUT2D eigenvalue weighted by atomic mass is 10.2. The molecule has 0 aliphatic heterocycles. The maximum absolute atomic E-state index is 10.7. The zero-order valence-electron chi connectivity index (χ0n) is 10.4. The number of aromatic nitrogens is 1. The first-order valence-electron chi connectivity index (χ1n) is 5.68. The third-order valence-corrected chi connectivity index (χ3v) is 3.78. The number of non-ortho nitro benzene ring substituents is 1. The van der Waals surface area contributed by atoms with E-state index >= 15 is 0 Å². The number of thiocarbonyl (C=S) groups is 1. The van der Waals surface area contributed by atoms with Crippen LogP contribution in [0.4, 0.5) is 5.69 Å². The highest BCUT2D eigenvalue weighted by molar-refractivity contribution is 7.98. The van der Waals surface area contributed by atoms with Crippen LogP contribution in [0.2, 0.25) is 0 Å². The van der Waals surface area contributed by atoms with Crippen LogP contribution in [0.15, 0.2) is 47.5 Å². The zero-order chi connectivity index (χ0) is 14.5. The zero-order valence-corrected chi connectivity index (χ0v) is 12.0. The summed E-state index contributed by atoms with van der Waals surface area (Å²) in [7, 11) is 0. The van der Waals surface area contributed by atoms with Gasteiger partial charge in [-0.05, 0) is 17.7 Å². The van der Waals surface area contributed by atoms with Gasteiger partial charge in [-0.3, -0.25) is 15.1 Å². The molecule has 5 nitrogen and oxygen atoms in total. The lowest BCUT2D eigenvalue weighted by Crippen LogP contribution is -2.11. The predicted molar refractivity (Wildman–Crippen MR) is 82.8 cm³/mol. The molecule has 7 heteroatoms. The quantitative estimate of drug-likeness (QED) is 0.396. The van der Waals surface area contributed by atoms with Crippen LogP contribution in [0.25, 0.3) is 0 Å². The first-order valence-corrected chi connectivity index (χ1v) is 7.07. The Morgan fingerprint density at radius 1 is 1.40 bits per heavy atom. The van der Waals surface area contributed by atoms with Crippen LogP contribution >= 0.6 is 24.0 Å². The van der Waals surface area contributed by atoms with Gasteiger partial charge in [-0.2, -0.15) is 0 Å². The number of nitro benzene ring substituents is 1. The van der Waals surface area contributed by atoms with Crippen molar-refractivity contribution in [3.63, 3.8) is 0 Å². The summed E-state index contributed by atoms with van der Waals surface area (Å²) in [6.45, 7) is 0. The molecule has 0 unspecified atom stereocenters. The van der Waals surface area contributed by atoms with Crippen LogP contribution in [0.5, 0.6) is 0 Å². The van der Waals surface area contributed by atoms with Gasteiger partial charge in [-0.1, -0.05) is 24.4 Å². The van der Waals surface area contributed by atoms with Gasteiger partial charge in [-0.15, -0.1) is 11.8 Å². The number of rotatable bonds is 5. The molecule has 0 aliphatic carbocycles. The van der Waals surface area contributed by atoms with E-state index in [9.17, 15) is 10.1 Å². The maximum atomic E-state index is 10.7. The van der Waals surface area contributed by atoms with Crippen LogP contribution in [0.3, 0.4) is 0 Å². The van der Waals surface area contributed by atoms with E-state index in [0.29, 0.717) is 11.4 Å². The van der Waals surface area contributed by atoms with Gasteiger partial charge in [0.15, 0.2) is 0 Å². The molecule has 1 aromatic carbocycles. The molecule has 0 fully saturated rings. The molecule has 20 heavy (non-hydrogen) atoms. The molecule has 2 N–H and O–H groups in total. The van der Waals surface area contributed by atoms with Gasteiger partial charge in [0.2, 0.25) is 0 Å². The second kappa shape index (κ2) is 6.44. The summed E-state index contributed by atoms with van der Waals surface area (Å²) in [6, 6.07) is 10.2. The fraction of sp³-hybridized carbons (Fsp3) is 0.0769. The van der Waals surface area contributed by atoms with E-state index in [1.165, 1.54) is 6.07 Å². The molecule has 0 saturated heterocycles. The summed E-state index contributed by atoms with van der Waals surface area (Å²) in [5.41, 5.74) is 7.09. The van der Waals surface area contributed by atoms with Crippen molar-refractivity contribution in [2.24, 2.45) is 5.73 Å². The summed E-state index contributed by atoms with van der Waals surface area (Å²) in [5, 5.41) is 10.7. The molecule has 2 aromatic rings. The Morgan fingerprint density at radius 3 is 2.90 bits per heavy atom. The van der Waals surface area contributed by atoms with E-state index in [4.69, 9.17) is 18.0 Å². The van der Waals surface area contributed by atoms with Crippen molar-refractivity contribution in [2.45, 2.75) is 10.6 Å². The molecule has 0 saturated carbocycles. The molecule has 0 bridgehead atoms. The van der Waals surface area contributed by atoms with E-state index in [0.717, 1.165) is 10.5 Å². The van der Waals surface area contributed by atoms with Gasteiger partial charge in [0, 0.05) is 29.0 Å². The van der Waals surface area contributed by atoms with Crippen molar-refractivity contribution >= 4 is 34.7 Å². The summed E-state index contributed by atoms with van der Waals surface area (Å²) in [6.07, 6.45) is 1.64. The van der Waals surface area contributed by atoms with Crippen LogP contribution in [0, 0.1) is 10.1 Å². The SMILES string of the molecule is NC(=S)c1cc(SCc2cccc([N+](=O)[O-])c2)ccn1. The lowest BCUT2D eigenvalue weighted by molar-refractivity contribution is -0.384. The third-order valence-electron chi connectivity index (χ3n) is 2.51. The van der Waals surface area contributed by atoms with Crippen LogP contribution in [-0.4, -0.2) is 14.9 Å². The molecule has 0 amide bonds. The summed E-state index contributed by atoms with van der Waals surface area (Å²) in [5.74, 6) is 0.627. The Morgan fingerprint density at radius 2 is 2.20 bits per heavy atom. The number of thioether (sulfide) groups is 1. The predicted octanol–water partition coefficient (Wildman–Crippen LogP) is 2.92. The number of benzene rings is 1. The van der Waals surface area contributed by atoms with Crippen molar-refractivity contribution in [3.05, 3.63) is 64.0 Å². The normalized spacial score (nSPS) is 10.2. The Hall–Kier alpha value is -1.99. The number of hydrogen-bond acceptors (Lipinski definition) is 5. The van der Waals surface area contributed by atoms with Crippen LogP contribution in [0.1, 0.15) is 11.3 Å². The van der Waals surface area contributed by atoms with E-state index in [-0.39, 0.29) is 10.7 Å². The molecule has 0 spiro atoms. The van der Waals surface area contributed by atoms with Crippen LogP contribution in [-0.2, 0) is 5.75 Å². The standard InChI is InChI=1S/C13H11N3O2S2/c14-13(19)12-7-11(4-5-15-12)20-8-9-2-1-3-10(6-9)16(17)18/h1-7H,8H2,(H2,14,19).